The van der Waals surface area contributed by atoms with Gasteiger partial charge in [-0.05, 0) is 30.5 Å². The lowest BCUT2D eigenvalue weighted by molar-refractivity contribution is 0.104. The van der Waals surface area contributed by atoms with E-state index in [9.17, 15) is 9.90 Å². The molecule has 0 amide bonds. The molecule has 0 aliphatic carbocycles. The summed E-state index contributed by atoms with van der Waals surface area (Å²) in [6, 6.07) is 7.64. The number of aliphatic hydroxyl groups excluding tert-OH is 1. The number of aliphatic hydroxyl groups is 1. The number of halogens is 1. The van der Waals surface area contributed by atoms with Gasteiger partial charge in [-0.1, -0.05) is 39.0 Å². The Morgan fingerprint density at radius 3 is 2.58 bits per heavy atom. The smallest absolute Gasteiger partial charge is 0.203 e. The van der Waals surface area contributed by atoms with Crippen molar-refractivity contribution in [1.29, 1.82) is 0 Å². The van der Waals surface area contributed by atoms with Gasteiger partial charge in [0.25, 0.3) is 0 Å². The third-order valence-electron chi connectivity index (χ3n) is 4.07. The van der Waals surface area contributed by atoms with E-state index in [1.165, 1.54) is 11.3 Å². The molecule has 0 bridgehead atoms. The minimum atomic E-state index is -0.294. The normalized spacial score (nSPS) is 11.5. The van der Waals surface area contributed by atoms with Crippen molar-refractivity contribution in [1.82, 2.24) is 4.90 Å². The first-order chi connectivity index (χ1) is 11.7. The van der Waals surface area contributed by atoms with Crippen molar-refractivity contribution in [2.24, 2.45) is 0 Å². The van der Waals surface area contributed by atoms with Crippen LogP contribution >= 0.6 is 23.7 Å². The molecule has 2 aromatic rings. The maximum Gasteiger partial charge on any atom is 0.203 e. The SMILES string of the molecule is CN(CCCO)Cc1cccc(C(=O)c2scc(O)c2C(C)(C)C)c1.Cl. The fraction of sp³-hybridized carbons (Fsp3) is 0.450. The van der Waals surface area contributed by atoms with Crippen molar-refractivity contribution < 1.29 is 15.0 Å². The van der Waals surface area contributed by atoms with Crippen LogP contribution in [-0.2, 0) is 12.0 Å². The lowest BCUT2D eigenvalue weighted by atomic mass is 9.85. The summed E-state index contributed by atoms with van der Waals surface area (Å²) >= 11 is 1.30. The zero-order valence-electron chi connectivity index (χ0n) is 15.8. The maximum absolute atomic E-state index is 13.0. The van der Waals surface area contributed by atoms with E-state index in [4.69, 9.17) is 5.11 Å². The molecule has 0 aliphatic heterocycles. The predicted octanol–water partition coefficient (Wildman–Crippen LogP) is 4.22. The third kappa shape index (κ3) is 5.55. The lowest BCUT2D eigenvalue weighted by Gasteiger charge is -2.20. The van der Waals surface area contributed by atoms with Gasteiger partial charge in [-0.25, -0.2) is 0 Å². The molecule has 0 fully saturated rings. The van der Waals surface area contributed by atoms with Crippen LogP contribution in [0.25, 0.3) is 0 Å². The zero-order valence-corrected chi connectivity index (χ0v) is 17.4. The largest absolute Gasteiger partial charge is 0.507 e. The highest BCUT2D eigenvalue weighted by Gasteiger charge is 2.28. The van der Waals surface area contributed by atoms with Crippen LogP contribution in [0.3, 0.4) is 0 Å². The average molecular weight is 398 g/mol. The van der Waals surface area contributed by atoms with Crippen LogP contribution in [0.5, 0.6) is 5.75 Å². The van der Waals surface area contributed by atoms with Crippen molar-refractivity contribution in [2.45, 2.75) is 39.2 Å². The van der Waals surface area contributed by atoms with Gasteiger partial charge in [-0.2, -0.15) is 0 Å². The Labute approximate surface area is 165 Å². The maximum atomic E-state index is 13.0. The second-order valence-electron chi connectivity index (χ2n) is 7.42. The van der Waals surface area contributed by atoms with Crippen molar-refractivity contribution >= 4 is 29.5 Å². The van der Waals surface area contributed by atoms with Crippen molar-refractivity contribution in [3.05, 3.63) is 51.2 Å². The van der Waals surface area contributed by atoms with Gasteiger partial charge >= 0.3 is 0 Å². The number of ketones is 1. The molecular weight excluding hydrogens is 370 g/mol. The Bertz CT molecular complexity index is 737. The molecule has 4 nitrogen and oxygen atoms in total. The second kappa shape index (κ2) is 9.51. The summed E-state index contributed by atoms with van der Waals surface area (Å²) < 4.78 is 0. The van der Waals surface area contributed by atoms with E-state index in [2.05, 4.69) is 4.90 Å². The summed E-state index contributed by atoms with van der Waals surface area (Å²) in [6.45, 7) is 7.71. The number of hydrogen-bond donors (Lipinski definition) is 2. The third-order valence-corrected chi connectivity index (χ3v) is 5.03. The summed E-state index contributed by atoms with van der Waals surface area (Å²) in [5, 5.41) is 20.7. The van der Waals surface area contributed by atoms with Crippen LogP contribution in [0.2, 0.25) is 0 Å². The van der Waals surface area contributed by atoms with Crippen LogP contribution in [0, 0.1) is 0 Å². The fourth-order valence-electron chi connectivity index (χ4n) is 2.91. The monoisotopic (exact) mass is 397 g/mol. The molecule has 0 spiro atoms. The Balaban J connectivity index is 0.00000338. The summed E-state index contributed by atoms with van der Waals surface area (Å²) in [6.07, 6.45) is 0.735. The van der Waals surface area contributed by atoms with E-state index >= 15 is 0 Å². The van der Waals surface area contributed by atoms with Crippen LogP contribution in [0.1, 0.15) is 53.6 Å². The Hall–Kier alpha value is -1.40. The molecule has 0 saturated heterocycles. The first-order valence-electron chi connectivity index (χ1n) is 8.48. The predicted molar refractivity (Wildman–Crippen MR) is 110 cm³/mol. The summed E-state index contributed by atoms with van der Waals surface area (Å²) in [7, 11) is 2.00. The molecule has 0 unspecified atom stereocenters. The molecule has 2 N–H and O–H groups in total. The van der Waals surface area contributed by atoms with Gasteiger partial charge in [0.15, 0.2) is 0 Å². The van der Waals surface area contributed by atoms with Gasteiger partial charge in [-0.15, -0.1) is 23.7 Å². The zero-order chi connectivity index (χ0) is 18.6. The Morgan fingerprint density at radius 2 is 1.96 bits per heavy atom. The molecule has 0 aliphatic rings. The number of aromatic hydroxyl groups is 1. The van der Waals surface area contributed by atoms with Crippen LogP contribution in [0.15, 0.2) is 29.6 Å². The number of hydrogen-bond acceptors (Lipinski definition) is 5. The highest BCUT2D eigenvalue weighted by atomic mass is 35.5. The molecule has 1 aromatic carbocycles. The number of carbonyl (C=O) groups excluding carboxylic acids is 1. The minimum absolute atomic E-state index is 0. The van der Waals surface area contributed by atoms with E-state index in [1.807, 2.05) is 52.1 Å². The van der Waals surface area contributed by atoms with Gasteiger partial charge in [0.1, 0.15) is 5.75 Å². The fourth-order valence-corrected chi connectivity index (χ4v) is 4.01. The number of rotatable bonds is 7. The highest BCUT2D eigenvalue weighted by Crippen LogP contribution is 2.39. The molecule has 0 saturated carbocycles. The molecule has 6 heteroatoms. The van der Waals surface area contributed by atoms with Crippen LogP contribution < -0.4 is 0 Å². The van der Waals surface area contributed by atoms with Crippen molar-refractivity contribution in [3.63, 3.8) is 0 Å². The summed E-state index contributed by atoms with van der Waals surface area (Å²) in [5.74, 6) is 0.149. The topological polar surface area (TPSA) is 60.8 Å². The van der Waals surface area contributed by atoms with Gasteiger partial charge in [0.2, 0.25) is 5.78 Å². The van der Waals surface area contributed by atoms with E-state index in [-0.39, 0.29) is 36.0 Å². The first-order valence-corrected chi connectivity index (χ1v) is 9.36. The minimum Gasteiger partial charge on any atom is -0.507 e. The van der Waals surface area contributed by atoms with Gasteiger partial charge in [0, 0.05) is 36.2 Å². The number of benzene rings is 1. The molecule has 2 rings (SSSR count). The van der Waals surface area contributed by atoms with E-state index in [1.54, 1.807) is 5.38 Å². The Morgan fingerprint density at radius 1 is 1.27 bits per heavy atom. The molecule has 26 heavy (non-hydrogen) atoms. The molecule has 1 aromatic heterocycles. The van der Waals surface area contributed by atoms with E-state index in [0.29, 0.717) is 16.0 Å². The number of carbonyl (C=O) groups is 1. The van der Waals surface area contributed by atoms with E-state index < -0.39 is 0 Å². The first kappa shape index (κ1) is 22.6. The van der Waals surface area contributed by atoms with Crippen molar-refractivity contribution in [3.8, 4) is 5.75 Å². The van der Waals surface area contributed by atoms with Gasteiger partial charge < -0.3 is 15.1 Å². The number of nitrogens with zero attached hydrogens (tertiary/aromatic N) is 1. The lowest BCUT2D eigenvalue weighted by Crippen LogP contribution is -2.20. The van der Waals surface area contributed by atoms with Crippen LogP contribution in [0.4, 0.5) is 0 Å². The standard InChI is InChI=1S/C20H27NO3S.ClH/c1-20(2,3)17-16(23)13-25-19(17)18(24)15-8-5-7-14(11-15)12-21(4)9-6-10-22;/h5,7-8,11,13,22-23H,6,9-10,12H2,1-4H3;1H. The summed E-state index contributed by atoms with van der Waals surface area (Å²) in [4.78, 5) is 15.7. The molecule has 0 radical (unpaired) electrons. The molecule has 0 atom stereocenters. The second-order valence-corrected chi connectivity index (χ2v) is 8.30. The van der Waals surface area contributed by atoms with E-state index in [0.717, 1.165) is 25.1 Å². The van der Waals surface area contributed by atoms with Gasteiger partial charge in [0.05, 0.1) is 4.88 Å². The quantitative estimate of drug-likeness (QED) is 0.687. The van der Waals surface area contributed by atoms with Crippen molar-refractivity contribution in [2.75, 3.05) is 20.2 Å². The number of thiophene rings is 1. The highest BCUT2D eigenvalue weighted by molar-refractivity contribution is 7.12. The molecular formula is C20H28ClNO3S. The Kier molecular flexibility index (Phi) is 8.28. The molecule has 1 heterocycles. The average Bonchev–Trinajstić information content (AvgIpc) is 2.94. The van der Waals surface area contributed by atoms with Gasteiger partial charge in [-0.3, -0.25) is 4.79 Å². The molecule has 144 valence electrons. The summed E-state index contributed by atoms with van der Waals surface area (Å²) in [5.41, 5.74) is 2.12. The van der Waals surface area contributed by atoms with Crippen LogP contribution in [-0.4, -0.2) is 41.1 Å².